The highest BCUT2D eigenvalue weighted by atomic mass is 35.5. The van der Waals surface area contributed by atoms with E-state index in [1.807, 2.05) is 7.05 Å². The SMILES string of the molecule is CNC(Cc1cc(F)ccc1Cl)CC(C)CC(C)(C)C. The lowest BCUT2D eigenvalue weighted by Gasteiger charge is -2.27. The third-order valence-corrected chi connectivity index (χ3v) is 3.90. The van der Waals surface area contributed by atoms with E-state index in [1.54, 1.807) is 12.1 Å². The van der Waals surface area contributed by atoms with Crippen molar-refractivity contribution in [1.29, 1.82) is 0 Å². The molecular formula is C17H27ClFN. The first-order valence-electron chi connectivity index (χ1n) is 7.32. The molecule has 1 N–H and O–H groups in total. The molecule has 0 fully saturated rings. The smallest absolute Gasteiger partial charge is 0.123 e. The van der Waals surface area contributed by atoms with Gasteiger partial charge < -0.3 is 5.32 Å². The predicted molar refractivity (Wildman–Crippen MR) is 85.8 cm³/mol. The fourth-order valence-corrected chi connectivity index (χ4v) is 3.08. The summed E-state index contributed by atoms with van der Waals surface area (Å²) < 4.78 is 13.3. The molecule has 114 valence electrons. The van der Waals surface area contributed by atoms with E-state index in [2.05, 4.69) is 33.0 Å². The van der Waals surface area contributed by atoms with Crippen molar-refractivity contribution in [1.82, 2.24) is 5.32 Å². The highest BCUT2D eigenvalue weighted by molar-refractivity contribution is 6.31. The van der Waals surface area contributed by atoms with Crippen molar-refractivity contribution in [2.45, 2.75) is 53.0 Å². The average Bonchev–Trinajstić information content (AvgIpc) is 2.30. The summed E-state index contributed by atoms with van der Waals surface area (Å²) in [7, 11) is 1.96. The van der Waals surface area contributed by atoms with Crippen LogP contribution in [-0.2, 0) is 6.42 Å². The van der Waals surface area contributed by atoms with Gasteiger partial charge in [-0.25, -0.2) is 4.39 Å². The zero-order chi connectivity index (χ0) is 15.3. The van der Waals surface area contributed by atoms with Crippen LogP contribution in [0.3, 0.4) is 0 Å². The second-order valence-electron chi connectivity index (χ2n) is 7.03. The summed E-state index contributed by atoms with van der Waals surface area (Å²) in [5.74, 6) is 0.404. The van der Waals surface area contributed by atoms with Crippen LogP contribution in [0, 0.1) is 17.2 Å². The van der Waals surface area contributed by atoms with Gasteiger partial charge in [-0.1, -0.05) is 39.3 Å². The van der Waals surface area contributed by atoms with Gasteiger partial charge in [0.05, 0.1) is 0 Å². The van der Waals surface area contributed by atoms with Crippen molar-refractivity contribution in [2.75, 3.05) is 7.05 Å². The zero-order valence-corrected chi connectivity index (χ0v) is 14.0. The Morgan fingerprint density at radius 3 is 2.50 bits per heavy atom. The Morgan fingerprint density at radius 1 is 1.30 bits per heavy atom. The summed E-state index contributed by atoms with van der Waals surface area (Å²) in [6.07, 6.45) is 3.02. The van der Waals surface area contributed by atoms with Crippen LogP contribution >= 0.6 is 11.6 Å². The molecule has 1 rings (SSSR count). The van der Waals surface area contributed by atoms with Gasteiger partial charge in [-0.2, -0.15) is 0 Å². The van der Waals surface area contributed by atoms with E-state index in [1.165, 1.54) is 12.5 Å². The molecule has 0 saturated heterocycles. The number of benzene rings is 1. The van der Waals surface area contributed by atoms with Crippen molar-refractivity contribution >= 4 is 11.6 Å². The van der Waals surface area contributed by atoms with E-state index in [0.29, 0.717) is 22.4 Å². The summed E-state index contributed by atoms with van der Waals surface area (Å²) in [5, 5.41) is 3.98. The van der Waals surface area contributed by atoms with Crippen LogP contribution in [0.25, 0.3) is 0 Å². The molecule has 20 heavy (non-hydrogen) atoms. The van der Waals surface area contributed by atoms with Crippen LogP contribution < -0.4 is 5.32 Å². The van der Waals surface area contributed by atoms with E-state index < -0.39 is 0 Å². The number of hydrogen-bond donors (Lipinski definition) is 1. The van der Waals surface area contributed by atoms with Crippen LogP contribution in [0.1, 0.15) is 46.1 Å². The van der Waals surface area contributed by atoms with Crippen LogP contribution in [0.5, 0.6) is 0 Å². The average molecular weight is 300 g/mol. The van der Waals surface area contributed by atoms with E-state index in [0.717, 1.165) is 18.4 Å². The van der Waals surface area contributed by atoms with Crippen molar-refractivity contribution in [3.63, 3.8) is 0 Å². The van der Waals surface area contributed by atoms with Crippen LogP contribution in [0.4, 0.5) is 4.39 Å². The molecule has 0 aromatic heterocycles. The molecule has 1 aromatic carbocycles. The predicted octanol–water partition coefficient (Wildman–Crippen LogP) is 5.07. The van der Waals surface area contributed by atoms with E-state index in [9.17, 15) is 4.39 Å². The van der Waals surface area contributed by atoms with Gasteiger partial charge in [-0.3, -0.25) is 0 Å². The monoisotopic (exact) mass is 299 g/mol. The summed E-state index contributed by atoms with van der Waals surface area (Å²) >= 11 is 6.15. The number of likely N-dealkylation sites (N-methyl/N-ethyl adjacent to an activating group) is 1. The van der Waals surface area contributed by atoms with Crippen molar-refractivity contribution in [2.24, 2.45) is 11.3 Å². The molecule has 0 aliphatic heterocycles. The van der Waals surface area contributed by atoms with E-state index >= 15 is 0 Å². The van der Waals surface area contributed by atoms with Gasteiger partial charge in [0, 0.05) is 11.1 Å². The maximum Gasteiger partial charge on any atom is 0.123 e. The van der Waals surface area contributed by atoms with Crippen LogP contribution in [0.2, 0.25) is 5.02 Å². The maximum atomic E-state index is 13.3. The third kappa shape index (κ3) is 6.23. The first-order valence-corrected chi connectivity index (χ1v) is 7.70. The summed E-state index contributed by atoms with van der Waals surface area (Å²) in [5.41, 5.74) is 1.22. The van der Waals surface area contributed by atoms with Gasteiger partial charge >= 0.3 is 0 Å². The Hall–Kier alpha value is -0.600. The first-order chi connectivity index (χ1) is 9.21. The van der Waals surface area contributed by atoms with Crippen molar-refractivity contribution < 1.29 is 4.39 Å². The Morgan fingerprint density at radius 2 is 1.95 bits per heavy atom. The lowest BCUT2D eigenvalue weighted by atomic mass is 9.82. The molecule has 1 aromatic rings. The molecule has 3 heteroatoms. The normalized spacial score (nSPS) is 15.2. The van der Waals surface area contributed by atoms with Gasteiger partial charge in [-0.05, 0) is 61.4 Å². The summed E-state index contributed by atoms with van der Waals surface area (Å²) in [6.45, 7) is 9.08. The van der Waals surface area contributed by atoms with Gasteiger partial charge in [0.2, 0.25) is 0 Å². The molecule has 0 aliphatic rings. The summed E-state index contributed by atoms with van der Waals surface area (Å²) in [4.78, 5) is 0. The second-order valence-corrected chi connectivity index (χ2v) is 7.44. The number of rotatable bonds is 6. The Labute approximate surface area is 127 Å². The summed E-state index contributed by atoms with van der Waals surface area (Å²) in [6, 6.07) is 4.91. The molecule has 1 nitrogen and oxygen atoms in total. The van der Waals surface area contributed by atoms with Crippen LogP contribution in [-0.4, -0.2) is 13.1 Å². The Kier molecular flexibility index (Phi) is 6.47. The molecule has 0 amide bonds. The van der Waals surface area contributed by atoms with Gasteiger partial charge in [0.1, 0.15) is 5.82 Å². The van der Waals surface area contributed by atoms with Crippen molar-refractivity contribution in [3.05, 3.63) is 34.6 Å². The Bertz CT molecular complexity index is 425. The number of halogens is 2. The minimum absolute atomic E-state index is 0.220. The lowest BCUT2D eigenvalue weighted by molar-refractivity contribution is 0.277. The molecular weight excluding hydrogens is 273 g/mol. The van der Waals surface area contributed by atoms with Crippen molar-refractivity contribution in [3.8, 4) is 0 Å². The largest absolute Gasteiger partial charge is 0.317 e. The molecule has 0 radical (unpaired) electrons. The molecule has 0 heterocycles. The van der Waals surface area contributed by atoms with Gasteiger partial charge in [-0.15, -0.1) is 0 Å². The molecule has 2 unspecified atom stereocenters. The minimum Gasteiger partial charge on any atom is -0.317 e. The van der Waals surface area contributed by atoms with Gasteiger partial charge in [0.15, 0.2) is 0 Å². The molecule has 0 spiro atoms. The maximum absolute atomic E-state index is 13.3. The molecule has 0 aliphatic carbocycles. The van der Waals surface area contributed by atoms with Crippen LogP contribution in [0.15, 0.2) is 18.2 Å². The highest BCUT2D eigenvalue weighted by Gasteiger charge is 2.19. The Balaban J connectivity index is 2.65. The standard InChI is InChI=1S/C17H27ClFN/c1-12(11-17(2,3)4)8-15(20-5)10-13-9-14(19)6-7-16(13)18/h6-7,9,12,15,20H,8,10-11H2,1-5H3. The fourth-order valence-electron chi connectivity index (χ4n) is 2.88. The lowest BCUT2D eigenvalue weighted by Crippen LogP contribution is -2.30. The third-order valence-electron chi connectivity index (χ3n) is 3.53. The van der Waals surface area contributed by atoms with Gasteiger partial charge in [0.25, 0.3) is 0 Å². The number of hydrogen-bond acceptors (Lipinski definition) is 1. The molecule has 2 atom stereocenters. The van der Waals surface area contributed by atoms with E-state index in [-0.39, 0.29) is 5.82 Å². The first kappa shape index (κ1) is 17.5. The highest BCUT2D eigenvalue weighted by Crippen LogP contribution is 2.28. The van der Waals surface area contributed by atoms with E-state index in [4.69, 9.17) is 11.6 Å². The fraction of sp³-hybridized carbons (Fsp3) is 0.647. The topological polar surface area (TPSA) is 12.0 Å². The molecule has 0 saturated carbocycles. The minimum atomic E-state index is -0.220. The quantitative estimate of drug-likeness (QED) is 0.773. The second kappa shape index (κ2) is 7.42. The molecule has 0 bridgehead atoms. The zero-order valence-electron chi connectivity index (χ0n) is 13.3. The number of nitrogens with one attached hydrogen (secondary N) is 1.